The number of rotatable bonds is 4. The molecule has 3 atom stereocenters. The van der Waals surface area contributed by atoms with E-state index in [1.165, 1.54) is 24.8 Å². The second-order valence-corrected chi connectivity index (χ2v) is 5.65. The zero-order valence-corrected chi connectivity index (χ0v) is 11.3. The third-order valence-corrected chi connectivity index (χ3v) is 4.03. The lowest BCUT2D eigenvalue weighted by atomic mass is 10.0. The number of hydrogen-bond donors (Lipinski definition) is 1. The van der Waals surface area contributed by atoms with Crippen LogP contribution in [0, 0.1) is 23.2 Å². The van der Waals surface area contributed by atoms with Gasteiger partial charge in [0.15, 0.2) is 0 Å². The van der Waals surface area contributed by atoms with Crippen LogP contribution >= 0.6 is 0 Å². The Morgan fingerprint density at radius 1 is 1.44 bits per heavy atom. The highest BCUT2D eigenvalue weighted by molar-refractivity contribution is 5.33. The Hall–Kier alpha value is -1.33. The van der Waals surface area contributed by atoms with Crippen LogP contribution in [0.25, 0.3) is 0 Å². The molecule has 3 unspecified atom stereocenters. The van der Waals surface area contributed by atoms with Gasteiger partial charge in [0, 0.05) is 6.04 Å². The molecule has 0 bridgehead atoms. The molecule has 0 aromatic heterocycles. The number of benzene rings is 1. The topological polar surface area (TPSA) is 35.8 Å². The minimum atomic E-state index is 0.328. The highest BCUT2D eigenvalue weighted by Gasteiger charge is 2.21. The summed E-state index contributed by atoms with van der Waals surface area (Å²) in [6, 6.07) is 10.4. The van der Waals surface area contributed by atoms with Crippen LogP contribution in [-0.4, -0.2) is 6.54 Å². The van der Waals surface area contributed by atoms with Crippen molar-refractivity contribution in [3.8, 4) is 6.07 Å². The van der Waals surface area contributed by atoms with Gasteiger partial charge in [-0.25, -0.2) is 0 Å². The van der Waals surface area contributed by atoms with Gasteiger partial charge in [-0.05, 0) is 55.8 Å². The van der Waals surface area contributed by atoms with Gasteiger partial charge < -0.3 is 5.32 Å². The fourth-order valence-corrected chi connectivity index (χ4v) is 2.85. The Balaban J connectivity index is 1.87. The first kappa shape index (κ1) is 13.1. The van der Waals surface area contributed by atoms with Crippen molar-refractivity contribution in [3.63, 3.8) is 0 Å². The van der Waals surface area contributed by atoms with E-state index in [0.29, 0.717) is 6.04 Å². The molecule has 1 aromatic rings. The molecule has 2 nitrogen and oxygen atoms in total. The van der Waals surface area contributed by atoms with E-state index in [1.807, 2.05) is 18.2 Å². The first-order valence-corrected chi connectivity index (χ1v) is 6.92. The molecule has 2 heteroatoms. The molecule has 1 fully saturated rings. The largest absolute Gasteiger partial charge is 0.310 e. The van der Waals surface area contributed by atoms with Crippen molar-refractivity contribution in [1.29, 1.82) is 5.26 Å². The van der Waals surface area contributed by atoms with Gasteiger partial charge in [-0.3, -0.25) is 0 Å². The van der Waals surface area contributed by atoms with Gasteiger partial charge >= 0.3 is 0 Å². The number of nitrogens with one attached hydrogen (secondary N) is 1. The molecule has 1 N–H and O–H groups in total. The zero-order chi connectivity index (χ0) is 13.0. The van der Waals surface area contributed by atoms with Gasteiger partial charge in [0.05, 0.1) is 11.6 Å². The molecular formula is C16H22N2. The van der Waals surface area contributed by atoms with Gasteiger partial charge in [-0.2, -0.15) is 5.26 Å². The Morgan fingerprint density at radius 2 is 2.28 bits per heavy atom. The third kappa shape index (κ3) is 3.34. The van der Waals surface area contributed by atoms with Crippen molar-refractivity contribution in [3.05, 3.63) is 35.4 Å². The first-order chi connectivity index (χ1) is 8.69. The molecule has 0 amide bonds. The van der Waals surface area contributed by atoms with E-state index >= 15 is 0 Å². The lowest BCUT2D eigenvalue weighted by molar-refractivity contribution is 0.440. The number of nitriles is 1. The Kier molecular flexibility index (Phi) is 4.38. The van der Waals surface area contributed by atoms with Crippen molar-refractivity contribution < 1.29 is 0 Å². The van der Waals surface area contributed by atoms with Crippen molar-refractivity contribution in [2.45, 2.75) is 39.2 Å². The van der Waals surface area contributed by atoms with Gasteiger partial charge in [-0.15, -0.1) is 0 Å². The molecule has 0 aliphatic heterocycles. The van der Waals surface area contributed by atoms with E-state index < -0.39 is 0 Å². The molecular weight excluding hydrogens is 220 g/mol. The van der Waals surface area contributed by atoms with Crippen LogP contribution < -0.4 is 5.32 Å². The number of hydrogen-bond acceptors (Lipinski definition) is 2. The van der Waals surface area contributed by atoms with Crippen molar-refractivity contribution in [2.75, 3.05) is 6.54 Å². The van der Waals surface area contributed by atoms with Crippen molar-refractivity contribution >= 4 is 0 Å². The SMILES string of the molecule is CC1CCC(CNC(C)c2cccc(C#N)c2)C1. The van der Waals surface area contributed by atoms with Crippen LogP contribution in [0.5, 0.6) is 0 Å². The van der Waals surface area contributed by atoms with Crippen LogP contribution in [-0.2, 0) is 0 Å². The standard InChI is InChI=1S/C16H22N2/c1-12-6-7-15(8-12)11-18-13(2)16-5-3-4-14(9-16)10-17/h3-5,9,12-13,15,18H,6-8,11H2,1-2H3. The summed E-state index contributed by atoms with van der Waals surface area (Å²) in [5.74, 6) is 1.73. The van der Waals surface area contributed by atoms with Crippen molar-refractivity contribution in [2.24, 2.45) is 11.8 Å². The second-order valence-electron chi connectivity index (χ2n) is 5.65. The predicted octanol–water partition coefficient (Wildman–Crippen LogP) is 3.65. The normalized spacial score (nSPS) is 24.7. The molecule has 0 saturated heterocycles. The highest BCUT2D eigenvalue weighted by Crippen LogP contribution is 2.30. The Bertz CT molecular complexity index is 433. The monoisotopic (exact) mass is 242 g/mol. The Labute approximate surface area is 110 Å². The molecule has 0 radical (unpaired) electrons. The predicted molar refractivity (Wildman–Crippen MR) is 74.1 cm³/mol. The van der Waals surface area contributed by atoms with Crippen LogP contribution in [0.3, 0.4) is 0 Å². The highest BCUT2D eigenvalue weighted by atomic mass is 14.9. The Morgan fingerprint density at radius 3 is 2.94 bits per heavy atom. The number of nitrogens with zero attached hydrogens (tertiary/aromatic N) is 1. The summed E-state index contributed by atoms with van der Waals surface area (Å²) in [6.07, 6.45) is 4.10. The van der Waals surface area contributed by atoms with E-state index in [1.54, 1.807) is 0 Å². The smallest absolute Gasteiger partial charge is 0.0991 e. The van der Waals surface area contributed by atoms with Crippen LogP contribution in [0.2, 0.25) is 0 Å². The summed E-state index contributed by atoms with van der Waals surface area (Å²) >= 11 is 0. The van der Waals surface area contributed by atoms with Crippen molar-refractivity contribution in [1.82, 2.24) is 5.32 Å². The molecule has 1 aromatic carbocycles. The van der Waals surface area contributed by atoms with Gasteiger partial charge in [0.1, 0.15) is 0 Å². The third-order valence-electron chi connectivity index (χ3n) is 4.03. The molecule has 1 aliphatic rings. The summed E-state index contributed by atoms with van der Waals surface area (Å²) in [5, 5.41) is 12.5. The van der Waals surface area contributed by atoms with E-state index in [-0.39, 0.29) is 0 Å². The first-order valence-electron chi connectivity index (χ1n) is 6.92. The fraction of sp³-hybridized carbons (Fsp3) is 0.562. The van der Waals surface area contributed by atoms with Gasteiger partial charge in [-0.1, -0.05) is 25.5 Å². The van der Waals surface area contributed by atoms with E-state index in [0.717, 1.165) is 23.9 Å². The average molecular weight is 242 g/mol. The molecule has 96 valence electrons. The minimum Gasteiger partial charge on any atom is -0.310 e. The lowest BCUT2D eigenvalue weighted by Gasteiger charge is -2.17. The second kappa shape index (κ2) is 6.02. The summed E-state index contributed by atoms with van der Waals surface area (Å²) in [7, 11) is 0. The average Bonchev–Trinajstić information content (AvgIpc) is 2.82. The van der Waals surface area contributed by atoms with Gasteiger partial charge in [0.25, 0.3) is 0 Å². The molecule has 1 aliphatic carbocycles. The molecule has 2 rings (SSSR count). The van der Waals surface area contributed by atoms with Crippen LogP contribution in [0.4, 0.5) is 0 Å². The quantitative estimate of drug-likeness (QED) is 0.875. The van der Waals surface area contributed by atoms with E-state index in [9.17, 15) is 0 Å². The maximum atomic E-state index is 8.91. The van der Waals surface area contributed by atoms with Crippen LogP contribution in [0.15, 0.2) is 24.3 Å². The summed E-state index contributed by atoms with van der Waals surface area (Å²) in [4.78, 5) is 0. The van der Waals surface area contributed by atoms with E-state index in [2.05, 4.69) is 31.3 Å². The zero-order valence-electron chi connectivity index (χ0n) is 11.3. The molecule has 1 saturated carbocycles. The summed E-state index contributed by atoms with van der Waals surface area (Å²) in [6.45, 7) is 5.62. The maximum absolute atomic E-state index is 8.91. The van der Waals surface area contributed by atoms with E-state index in [4.69, 9.17) is 5.26 Å². The molecule has 0 heterocycles. The molecule has 18 heavy (non-hydrogen) atoms. The van der Waals surface area contributed by atoms with Crippen LogP contribution in [0.1, 0.15) is 50.3 Å². The minimum absolute atomic E-state index is 0.328. The maximum Gasteiger partial charge on any atom is 0.0991 e. The summed E-state index contributed by atoms with van der Waals surface area (Å²) in [5.41, 5.74) is 1.95. The summed E-state index contributed by atoms with van der Waals surface area (Å²) < 4.78 is 0. The lowest BCUT2D eigenvalue weighted by Crippen LogP contribution is -2.24. The fourth-order valence-electron chi connectivity index (χ4n) is 2.85. The molecule has 0 spiro atoms. The van der Waals surface area contributed by atoms with Gasteiger partial charge in [0.2, 0.25) is 0 Å².